The van der Waals surface area contributed by atoms with E-state index in [2.05, 4.69) is 10.5 Å². The van der Waals surface area contributed by atoms with Crippen molar-refractivity contribution in [3.8, 4) is 10.8 Å². The molecular weight excluding hydrogens is 472 g/mol. The van der Waals surface area contributed by atoms with E-state index in [0.29, 0.717) is 10.6 Å². The van der Waals surface area contributed by atoms with Crippen molar-refractivity contribution in [3.05, 3.63) is 73.4 Å². The molecule has 1 aromatic carbocycles. The minimum atomic E-state index is -0.923. The van der Waals surface area contributed by atoms with Gasteiger partial charge in [0.1, 0.15) is 5.00 Å². The van der Waals surface area contributed by atoms with Crippen LogP contribution in [0, 0.1) is 24.0 Å². The highest BCUT2D eigenvalue weighted by Gasteiger charge is 2.27. The number of aromatic carboxylic acids is 1. The molecule has 0 radical (unpaired) electrons. The summed E-state index contributed by atoms with van der Waals surface area (Å²) in [6.07, 6.45) is 5.21. The summed E-state index contributed by atoms with van der Waals surface area (Å²) >= 11 is 1.52. The highest BCUT2D eigenvalue weighted by molar-refractivity contribution is 7.15. The number of benzene rings is 1. The van der Waals surface area contributed by atoms with Crippen molar-refractivity contribution in [1.82, 2.24) is 9.99 Å². The Morgan fingerprint density at radius 2 is 2.03 bits per heavy atom. The lowest BCUT2D eigenvalue weighted by atomic mass is 9.95. The maximum atomic E-state index is 12.1. The number of thiophene rings is 1. The first-order valence-electron chi connectivity index (χ1n) is 11.0. The van der Waals surface area contributed by atoms with Crippen molar-refractivity contribution in [1.29, 1.82) is 0 Å². The molecule has 0 fully saturated rings. The number of carbonyl (C=O) groups is 2. The third kappa shape index (κ3) is 4.94. The van der Waals surface area contributed by atoms with E-state index in [0.717, 1.165) is 53.1 Å². The van der Waals surface area contributed by atoms with Crippen LogP contribution in [0.4, 0.5) is 5.69 Å². The topological polar surface area (TPSA) is 136 Å². The molecule has 11 heteroatoms. The van der Waals surface area contributed by atoms with Gasteiger partial charge in [0, 0.05) is 27.9 Å². The van der Waals surface area contributed by atoms with Gasteiger partial charge in [-0.15, -0.1) is 11.3 Å². The standard InChI is InChI=1S/C24H24N4O6S/c1-14-11-16(12-25-26-21(29)13-34-19-9-5-4-8-18(19)28(32)33)15(2)27(14)23-22(24(30)31)17-7-3-6-10-20(17)35-23/h4-5,8-9,11-12H,3,6-7,10,13H2,1-2H3,(H,26,29)(H,30,31)/b25-12-. The lowest BCUT2D eigenvalue weighted by Crippen LogP contribution is -2.24. The lowest BCUT2D eigenvalue weighted by molar-refractivity contribution is -0.385. The summed E-state index contributed by atoms with van der Waals surface area (Å²) in [5.41, 5.74) is 5.82. The fourth-order valence-corrected chi connectivity index (χ4v) is 5.73. The van der Waals surface area contributed by atoms with E-state index in [9.17, 15) is 24.8 Å². The number of hydrogen-bond donors (Lipinski definition) is 2. The molecular formula is C24H24N4O6S. The van der Waals surface area contributed by atoms with Crippen LogP contribution >= 0.6 is 11.3 Å². The Labute approximate surface area is 205 Å². The first kappa shape index (κ1) is 24.1. The number of nitrogens with zero attached hydrogens (tertiary/aromatic N) is 3. The van der Waals surface area contributed by atoms with E-state index in [1.165, 1.54) is 35.8 Å². The molecule has 10 nitrogen and oxygen atoms in total. The quantitative estimate of drug-likeness (QED) is 0.273. The Hall–Kier alpha value is -3.99. The van der Waals surface area contributed by atoms with Crippen LogP contribution in [0.15, 0.2) is 35.4 Å². The van der Waals surface area contributed by atoms with Gasteiger partial charge in [0.2, 0.25) is 0 Å². The molecule has 4 rings (SSSR count). The van der Waals surface area contributed by atoms with Gasteiger partial charge in [-0.2, -0.15) is 5.10 Å². The van der Waals surface area contributed by atoms with Gasteiger partial charge in [-0.1, -0.05) is 12.1 Å². The summed E-state index contributed by atoms with van der Waals surface area (Å²) in [7, 11) is 0. The Balaban J connectivity index is 1.48. The SMILES string of the molecule is Cc1cc(/C=N\NC(=O)COc2ccccc2[N+](=O)[O-])c(C)n1-c1sc2c(c1C(=O)O)CCCC2. The first-order chi connectivity index (χ1) is 16.8. The average molecular weight is 497 g/mol. The monoisotopic (exact) mass is 496 g/mol. The largest absolute Gasteiger partial charge is 0.478 e. The van der Waals surface area contributed by atoms with Crippen molar-refractivity contribution in [2.75, 3.05) is 6.61 Å². The zero-order chi connectivity index (χ0) is 25.1. The highest BCUT2D eigenvalue weighted by Crippen LogP contribution is 2.38. The second-order valence-electron chi connectivity index (χ2n) is 8.16. The fourth-order valence-electron chi connectivity index (χ4n) is 4.24. The Bertz CT molecular complexity index is 1340. The van der Waals surface area contributed by atoms with Gasteiger partial charge in [-0.3, -0.25) is 14.9 Å². The summed E-state index contributed by atoms with van der Waals surface area (Å²) in [6, 6.07) is 7.67. The second kappa shape index (κ2) is 10.1. The number of nitro benzene ring substituents is 1. The summed E-state index contributed by atoms with van der Waals surface area (Å²) in [5, 5.41) is 25.6. The van der Waals surface area contributed by atoms with Crippen LogP contribution in [0.5, 0.6) is 5.75 Å². The van der Waals surface area contributed by atoms with Gasteiger partial charge in [0.25, 0.3) is 5.91 Å². The molecule has 0 spiro atoms. The molecule has 1 aliphatic carbocycles. The van der Waals surface area contributed by atoms with Gasteiger partial charge in [-0.05, 0) is 57.2 Å². The normalized spacial score (nSPS) is 13.0. The molecule has 2 heterocycles. The predicted octanol–water partition coefficient (Wildman–Crippen LogP) is 4.17. The van der Waals surface area contributed by atoms with Crippen LogP contribution in [0.3, 0.4) is 0 Å². The van der Waals surface area contributed by atoms with E-state index in [-0.39, 0.29) is 11.4 Å². The maximum Gasteiger partial charge on any atom is 0.339 e. The fraction of sp³-hybridized carbons (Fsp3) is 0.292. The van der Waals surface area contributed by atoms with Crippen LogP contribution in [-0.4, -0.2) is 39.3 Å². The number of carboxylic acids is 1. The predicted molar refractivity (Wildman–Crippen MR) is 131 cm³/mol. The molecule has 2 N–H and O–H groups in total. The van der Waals surface area contributed by atoms with E-state index < -0.39 is 23.4 Å². The summed E-state index contributed by atoms with van der Waals surface area (Å²) in [5.74, 6) is -1.51. The van der Waals surface area contributed by atoms with Crippen molar-refractivity contribution >= 4 is 35.1 Å². The van der Waals surface area contributed by atoms with Crippen LogP contribution in [-0.2, 0) is 17.6 Å². The number of nitro groups is 1. The zero-order valence-electron chi connectivity index (χ0n) is 19.2. The number of amides is 1. The number of hydrogen-bond acceptors (Lipinski definition) is 7. The number of hydrazone groups is 1. The van der Waals surface area contributed by atoms with Gasteiger partial charge in [-0.25, -0.2) is 10.2 Å². The first-order valence-corrected chi connectivity index (χ1v) is 11.8. The Morgan fingerprint density at radius 1 is 1.29 bits per heavy atom. The van der Waals surface area contributed by atoms with Crippen LogP contribution in [0.1, 0.15) is 50.6 Å². The minimum Gasteiger partial charge on any atom is -0.478 e. The molecule has 0 unspecified atom stereocenters. The third-order valence-electron chi connectivity index (χ3n) is 5.85. The summed E-state index contributed by atoms with van der Waals surface area (Å²) in [6.45, 7) is 3.33. The summed E-state index contributed by atoms with van der Waals surface area (Å²) in [4.78, 5) is 35.8. The number of aryl methyl sites for hydroxylation is 2. The Morgan fingerprint density at radius 3 is 2.77 bits per heavy atom. The number of carbonyl (C=O) groups excluding carboxylic acids is 1. The number of carboxylic acid groups (broad SMARTS) is 1. The number of nitrogens with one attached hydrogen (secondary N) is 1. The van der Waals surface area contributed by atoms with E-state index in [4.69, 9.17) is 4.74 Å². The molecule has 1 aliphatic rings. The maximum absolute atomic E-state index is 12.1. The van der Waals surface area contributed by atoms with Gasteiger partial charge < -0.3 is 14.4 Å². The zero-order valence-corrected chi connectivity index (χ0v) is 20.1. The van der Waals surface area contributed by atoms with Gasteiger partial charge in [0.15, 0.2) is 12.4 Å². The van der Waals surface area contributed by atoms with Crippen molar-refractivity contribution in [2.45, 2.75) is 39.5 Å². The van der Waals surface area contributed by atoms with Crippen LogP contribution in [0.2, 0.25) is 0 Å². The smallest absolute Gasteiger partial charge is 0.339 e. The molecule has 0 aliphatic heterocycles. The summed E-state index contributed by atoms with van der Waals surface area (Å²) < 4.78 is 7.18. The lowest BCUT2D eigenvalue weighted by Gasteiger charge is -2.11. The average Bonchev–Trinajstić information content (AvgIpc) is 3.34. The number of para-hydroxylation sites is 2. The second-order valence-corrected chi connectivity index (χ2v) is 9.25. The highest BCUT2D eigenvalue weighted by atomic mass is 32.1. The van der Waals surface area contributed by atoms with E-state index in [1.807, 2.05) is 24.5 Å². The molecule has 182 valence electrons. The van der Waals surface area contributed by atoms with Gasteiger partial charge in [0.05, 0.1) is 16.7 Å². The van der Waals surface area contributed by atoms with Crippen LogP contribution in [0.25, 0.3) is 5.00 Å². The molecule has 0 saturated carbocycles. The van der Waals surface area contributed by atoms with Crippen molar-refractivity contribution < 1.29 is 24.4 Å². The van der Waals surface area contributed by atoms with Crippen LogP contribution < -0.4 is 10.2 Å². The van der Waals surface area contributed by atoms with Crippen molar-refractivity contribution in [2.24, 2.45) is 5.10 Å². The molecule has 1 amide bonds. The molecule has 2 aromatic heterocycles. The van der Waals surface area contributed by atoms with Gasteiger partial charge >= 0.3 is 11.7 Å². The number of rotatable bonds is 8. The minimum absolute atomic E-state index is 0.00643. The van der Waals surface area contributed by atoms with E-state index >= 15 is 0 Å². The van der Waals surface area contributed by atoms with Crippen molar-refractivity contribution in [3.63, 3.8) is 0 Å². The van der Waals surface area contributed by atoms with E-state index in [1.54, 1.807) is 6.07 Å². The molecule has 0 bridgehead atoms. The molecule has 0 atom stereocenters. The third-order valence-corrected chi connectivity index (χ3v) is 7.13. The molecule has 35 heavy (non-hydrogen) atoms. The number of fused-ring (bicyclic) bond motifs is 1. The molecule has 0 saturated heterocycles. The Kier molecular flexibility index (Phi) is 6.97. The molecule has 3 aromatic rings. The number of aromatic nitrogens is 1. The number of ether oxygens (including phenoxy) is 1.